The average Bonchev–Trinajstić information content (AvgIpc) is 2.93. The summed E-state index contributed by atoms with van der Waals surface area (Å²) >= 11 is 0. The van der Waals surface area contributed by atoms with Crippen LogP contribution in [-0.2, 0) is 11.3 Å². The first-order valence-electron chi connectivity index (χ1n) is 7.16. The van der Waals surface area contributed by atoms with Crippen LogP contribution in [0, 0.1) is 0 Å². The maximum atomic E-state index is 11.8. The highest BCUT2D eigenvalue weighted by molar-refractivity contribution is 5.76. The number of amides is 1. The molecule has 0 fully saturated rings. The Bertz CT molecular complexity index is 735. The van der Waals surface area contributed by atoms with Crippen LogP contribution in [0.4, 0.5) is 0 Å². The Hall–Kier alpha value is -2.77. The fourth-order valence-electron chi connectivity index (χ4n) is 2.05. The minimum atomic E-state index is -0.693. The first kappa shape index (κ1) is 16.6. The molecular formula is C15H19N3O5. The number of aromatic nitrogens is 2. The highest BCUT2D eigenvalue weighted by Gasteiger charge is 2.17. The molecule has 0 bridgehead atoms. The maximum Gasteiger partial charge on any atom is 0.442 e. The third-order valence-electron chi connectivity index (χ3n) is 3.20. The van der Waals surface area contributed by atoms with Crippen molar-refractivity contribution in [3.8, 4) is 22.9 Å². The number of ether oxygens (including phenoxy) is 2. The van der Waals surface area contributed by atoms with E-state index in [-0.39, 0.29) is 18.3 Å². The lowest BCUT2D eigenvalue weighted by Crippen LogP contribution is -2.31. The molecule has 0 aliphatic heterocycles. The van der Waals surface area contributed by atoms with E-state index in [0.717, 1.165) is 6.42 Å². The molecule has 8 heteroatoms. The zero-order valence-corrected chi connectivity index (χ0v) is 13.3. The highest BCUT2D eigenvalue weighted by Crippen LogP contribution is 2.31. The van der Waals surface area contributed by atoms with Crippen molar-refractivity contribution >= 4 is 5.91 Å². The molecule has 0 atom stereocenters. The van der Waals surface area contributed by atoms with Crippen LogP contribution >= 0.6 is 0 Å². The lowest BCUT2D eigenvalue weighted by molar-refractivity contribution is -0.121. The van der Waals surface area contributed by atoms with Gasteiger partial charge in [0.25, 0.3) is 0 Å². The second kappa shape index (κ2) is 7.48. The van der Waals surface area contributed by atoms with E-state index < -0.39 is 5.76 Å². The first-order chi connectivity index (χ1) is 11.1. The number of hydrogen-bond acceptors (Lipinski definition) is 6. The average molecular weight is 321 g/mol. The van der Waals surface area contributed by atoms with Crippen molar-refractivity contribution in [1.29, 1.82) is 0 Å². The van der Waals surface area contributed by atoms with Crippen molar-refractivity contribution < 1.29 is 18.8 Å². The van der Waals surface area contributed by atoms with Crippen LogP contribution in [0.1, 0.15) is 13.3 Å². The lowest BCUT2D eigenvalue weighted by atomic mass is 10.2. The van der Waals surface area contributed by atoms with Crippen LogP contribution in [0.15, 0.2) is 27.5 Å². The van der Waals surface area contributed by atoms with Gasteiger partial charge in [-0.25, -0.2) is 9.36 Å². The summed E-state index contributed by atoms with van der Waals surface area (Å²) in [4.78, 5) is 23.6. The molecule has 8 nitrogen and oxygen atoms in total. The Morgan fingerprint density at radius 3 is 2.70 bits per heavy atom. The minimum absolute atomic E-state index is 0.161. The van der Waals surface area contributed by atoms with Gasteiger partial charge >= 0.3 is 5.76 Å². The number of rotatable bonds is 7. The van der Waals surface area contributed by atoms with E-state index in [1.165, 1.54) is 18.8 Å². The maximum absolute atomic E-state index is 11.8. The Labute approximate surface area is 133 Å². The normalized spacial score (nSPS) is 10.4. The van der Waals surface area contributed by atoms with Gasteiger partial charge in [0.2, 0.25) is 5.91 Å². The van der Waals surface area contributed by atoms with E-state index in [1.807, 2.05) is 6.92 Å². The number of hydrogen-bond donors (Lipinski definition) is 1. The van der Waals surface area contributed by atoms with Gasteiger partial charge in [-0.15, -0.1) is 0 Å². The zero-order valence-electron chi connectivity index (χ0n) is 13.3. The van der Waals surface area contributed by atoms with E-state index in [0.29, 0.717) is 23.6 Å². The van der Waals surface area contributed by atoms with Crippen molar-refractivity contribution in [1.82, 2.24) is 15.0 Å². The molecule has 0 saturated heterocycles. The summed E-state index contributed by atoms with van der Waals surface area (Å²) < 4.78 is 16.3. The highest BCUT2D eigenvalue weighted by atomic mass is 16.5. The molecular weight excluding hydrogens is 302 g/mol. The van der Waals surface area contributed by atoms with E-state index in [9.17, 15) is 9.59 Å². The molecule has 1 amide bonds. The van der Waals surface area contributed by atoms with Gasteiger partial charge in [0.1, 0.15) is 6.54 Å². The predicted octanol–water partition coefficient (Wildman–Crippen LogP) is 1.05. The van der Waals surface area contributed by atoms with Crippen molar-refractivity contribution in [2.75, 3.05) is 20.8 Å². The molecule has 2 aromatic rings. The van der Waals surface area contributed by atoms with Gasteiger partial charge in [-0.3, -0.25) is 9.32 Å². The monoisotopic (exact) mass is 321 g/mol. The van der Waals surface area contributed by atoms with Gasteiger partial charge in [0.15, 0.2) is 17.3 Å². The number of carbonyl (C=O) groups is 1. The van der Waals surface area contributed by atoms with Gasteiger partial charge in [-0.1, -0.05) is 12.1 Å². The number of nitrogens with one attached hydrogen (secondary N) is 1. The summed E-state index contributed by atoms with van der Waals surface area (Å²) in [6.45, 7) is 2.33. The van der Waals surface area contributed by atoms with E-state index in [4.69, 9.17) is 14.0 Å². The summed E-state index contributed by atoms with van der Waals surface area (Å²) in [6.07, 6.45) is 0.812. The molecule has 0 radical (unpaired) electrons. The molecule has 1 aromatic heterocycles. The van der Waals surface area contributed by atoms with Crippen LogP contribution in [-0.4, -0.2) is 36.4 Å². The fraction of sp³-hybridized carbons (Fsp3) is 0.400. The molecule has 0 aliphatic rings. The van der Waals surface area contributed by atoms with Crippen molar-refractivity contribution in [2.45, 2.75) is 19.9 Å². The molecule has 1 heterocycles. The van der Waals surface area contributed by atoms with Crippen LogP contribution in [0.2, 0.25) is 0 Å². The standard InChI is InChI=1S/C15H19N3O5/c1-4-7-16-13(19)9-18-14(17-23-15(18)20)10-5-6-11(21-2)12(8-10)22-3/h5-6,8H,4,7,9H2,1-3H3,(H,16,19). The van der Waals surface area contributed by atoms with E-state index in [1.54, 1.807) is 18.2 Å². The predicted molar refractivity (Wildman–Crippen MR) is 82.6 cm³/mol. The molecule has 1 aromatic carbocycles. The Balaban J connectivity index is 2.34. The zero-order chi connectivity index (χ0) is 16.8. The molecule has 0 saturated carbocycles. The van der Waals surface area contributed by atoms with Crippen LogP contribution in [0.3, 0.4) is 0 Å². The summed E-state index contributed by atoms with van der Waals surface area (Å²) in [5.74, 6) is 0.319. The molecule has 0 unspecified atom stereocenters. The number of methoxy groups -OCH3 is 2. The minimum Gasteiger partial charge on any atom is -0.493 e. The third kappa shape index (κ3) is 3.71. The van der Waals surface area contributed by atoms with Crippen molar-refractivity contribution in [2.24, 2.45) is 0 Å². The molecule has 1 N–H and O–H groups in total. The largest absolute Gasteiger partial charge is 0.493 e. The second-order valence-corrected chi connectivity index (χ2v) is 4.78. The van der Waals surface area contributed by atoms with Crippen LogP contribution in [0.5, 0.6) is 11.5 Å². The van der Waals surface area contributed by atoms with Gasteiger partial charge in [-0.2, -0.15) is 0 Å². The van der Waals surface area contributed by atoms with Crippen LogP contribution < -0.4 is 20.5 Å². The SMILES string of the molecule is CCCNC(=O)Cn1c(-c2ccc(OC)c(OC)c2)noc1=O. The van der Waals surface area contributed by atoms with E-state index >= 15 is 0 Å². The second-order valence-electron chi connectivity index (χ2n) is 4.78. The summed E-state index contributed by atoms with van der Waals surface area (Å²) in [6, 6.07) is 5.06. The molecule has 124 valence electrons. The smallest absolute Gasteiger partial charge is 0.442 e. The Morgan fingerprint density at radius 2 is 2.04 bits per heavy atom. The summed E-state index contributed by atoms with van der Waals surface area (Å²) in [7, 11) is 3.04. The number of benzene rings is 1. The Morgan fingerprint density at radius 1 is 1.30 bits per heavy atom. The summed E-state index contributed by atoms with van der Waals surface area (Å²) in [5.41, 5.74) is 0.580. The first-order valence-corrected chi connectivity index (χ1v) is 7.16. The third-order valence-corrected chi connectivity index (χ3v) is 3.20. The van der Waals surface area contributed by atoms with Gasteiger partial charge in [-0.05, 0) is 24.6 Å². The van der Waals surface area contributed by atoms with Crippen LogP contribution in [0.25, 0.3) is 11.4 Å². The molecule has 2 rings (SSSR count). The van der Waals surface area contributed by atoms with E-state index in [2.05, 4.69) is 10.5 Å². The number of nitrogens with zero attached hydrogens (tertiary/aromatic N) is 2. The van der Waals surface area contributed by atoms with Gasteiger partial charge in [0.05, 0.1) is 14.2 Å². The lowest BCUT2D eigenvalue weighted by Gasteiger charge is -2.09. The molecule has 0 aliphatic carbocycles. The number of carbonyl (C=O) groups excluding carboxylic acids is 1. The van der Waals surface area contributed by atoms with Crippen molar-refractivity contribution in [3.63, 3.8) is 0 Å². The molecule has 23 heavy (non-hydrogen) atoms. The van der Waals surface area contributed by atoms with Crippen molar-refractivity contribution in [3.05, 3.63) is 28.7 Å². The fourth-order valence-corrected chi connectivity index (χ4v) is 2.05. The Kier molecular flexibility index (Phi) is 5.40. The quantitative estimate of drug-likeness (QED) is 0.819. The van der Waals surface area contributed by atoms with Gasteiger partial charge < -0.3 is 14.8 Å². The van der Waals surface area contributed by atoms with Gasteiger partial charge in [0, 0.05) is 12.1 Å². The topological polar surface area (TPSA) is 95.6 Å². The summed E-state index contributed by atoms with van der Waals surface area (Å²) in [5, 5.41) is 6.45. The molecule has 0 spiro atoms.